The number of oxazole rings is 1. The van der Waals surface area contributed by atoms with Gasteiger partial charge in [-0.2, -0.15) is 0 Å². The number of thiazole rings is 1. The lowest BCUT2D eigenvalue weighted by Gasteiger charge is -2.10. The summed E-state index contributed by atoms with van der Waals surface area (Å²) in [5.74, 6) is 2.22. The predicted octanol–water partition coefficient (Wildman–Crippen LogP) is 10.9. The summed E-state index contributed by atoms with van der Waals surface area (Å²) in [6.07, 6.45) is 0. The predicted molar refractivity (Wildman–Crippen MR) is 195 cm³/mol. The van der Waals surface area contributed by atoms with Gasteiger partial charge in [0.2, 0.25) is 5.89 Å². The first-order valence-electron chi connectivity index (χ1n) is 15.8. The Balaban J connectivity index is 1.16. The highest BCUT2D eigenvalue weighted by Crippen LogP contribution is 2.42. The lowest BCUT2D eigenvalue weighted by molar-refractivity contribution is 0.620. The van der Waals surface area contributed by atoms with E-state index in [9.17, 15) is 0 Å². The molecule has 0 saturated carbocycles. The van der Waals surface area contributed by atoms with Crippen molar-refractivity contribution in [3.05, 3.63) is 140 Å². The molecule has 0 amide bonds. The minimum Gasteiger partial charge on any atom is -0.456 e. The zero-order valence-electron chi connectivity index (χ0n) is 25.7. The summed E-state index contributed by atoms with van der Waals surface area (Å²) in [5.41, 5.74) is 8.46. The van der Waals surface area contributed by atoms with Crippen LogP contribution in [0, 0.1) is 0 Å². The van der Waals surface area contributed by atoms with Crippen LogP contribution in [0.25, 0.3) is 99.4 Å². The third kappa shape index (κ3) is 4.69. The molecule has 49 heavy (non-hydrogen) atoms. The molecule has 0 saturated heterocycles. The maximum absolute atomic E-state index is 6.41. The second-order valence-corrected chi connectivity index (χ2v) is 12.7. The topological polar surface area (TPSA) is 90.7 Å². The van der Waals surface area contributed by atoms with Gasteiger partial charge in [-0.15, -0.1) is 11.3 Å². The van der Waals surface area contributed by atoms with Crippen LogP contribution in [0.15, 0.2) is 148 Å². The number of para-hydroxylation sites is 3. The van der Waals surface area contributed by atoms with Crippen LogP contribution in [0.1, 0.15) is 0 Å². The number of hydrogen-bond donors (Lipinski definition) is 0. The van der Waals surface area contributed by atoms with Crippen LogP contribution in [0.4, 0.5) is 0 Å². The molecule has 0 fully saturated rings. The number of fused-ring (bicyclic) bond motifs is 5. The van der Waals surface area contributed by atoms with Gasteiger partial charge in [-0.3, -0.25) is 0 Å². The molecular formula is C41H23N5O2S. The molecule has 0 unspecified atom stereocenters. The number of rotatable bonds is 5. The average Bonchev–Trinajstić information content (AvgIpc) is 3.90. The van der Waals surface area contributed by atoms with E-state index in [4.69, 9.17) is 33.8 Å². The monoisotopic (exact) mass is 649 g/mol. The van der Waals surface area contributed by atoms with E-state index in [1.807, 2.05) is 109 Å². The Morgan fingerprint density at radius 1 is 0.388 bits per heavy atom. The standard InChI is InChI=1S/C41H23N5O2S/c1-2-10-24(11-3-1)37-44-38(25-20-22-26(23-21-25)41-43-30-15-5-7-19-34(30)49-41)46-39(45-37)27-12-8-17-32-35(27)36-28(13-9-18-33(36)47-32)40-42-29-14-4-6-16-31(29)48-40/h1-23H. The van der Waals surface area contributed by atoms with Gasteiger partial charge in [-0.05, 0) is 42.5 Å². The molecule has 0 N–H and O–H groups in total. The Kier molecular flexibility index (Phi) is 6.22. The fourth-order valence-corrected chi connectivity index (χ4v) is 7.29. The Hall–Kier alpha value is -6.51. The van der Waals surface area contributed by atoms with Crippen molar-refractivity contribution in [1.29, 1.82) is 0 Å². The van der Waals surface area contributed by atoms with Crippen LogP contribution < -0.4 is 0 Å². The number of furan rings is 1. The Morgan fingerprint density at radius 3 is 1.73 bits per heavy atom. The van der Waals surface area contributed by atoms with Crippen LogP contribution in [-0.2, 0) is 0 Å². The van der Waals surface area contributed by atoms with Gasteiger partial charge in [0.15, 0.2) is 23.1 Å². The first-order chi connectivity index (χ1) is 24.2. The van der Waals surface area contributed by atoms with Gasteiger partial charge in [0.05, 0.1) is 10.2 Å². The second kappa shape index (κ2) is 11.0. The average molecular weight is 650 g/mol. The van der Waals surface area contributed by atoms with E-state index in [2.05, 4.69) is 30.3 Å². The molecule has 10 rings (SSSR count). The smallest absolute Gasteiger partial charge is 0.228 e. The van der Waals surface area contributed by atoms with Crippen molar-refractivity contribution in [2.45, 2.75) is 0 Å². The summed E-state index contributed by atoms with van der Waals surface area (Å²) in [5, 5.41) is 2.75. The zero-order chi connectivity index (χ0) is 32.3. The normalized spacial score (nSPS) is 11.7. The first-order valence-corrected chi connectivity index (χ1v) is 16.7. The maximum atomic E-state index is 6.41. The van der Waals surface area contributed by atoms with E-state index < -0.39 is 0 Å². The van der Waals surface area contributed by atoms with E-state index in [-0.39, 0.29) is 0 Å². The molecule has 10 aromatic rings. The SMILES string of the molecule is c1ccc(-c2nc(-c3ccc(-c4nc5ccccc5s4)cc3)nc(-c3cccc4oc5cccc(-c6nc7ccccc7o6)c5c34)n2)cc1. The summed E-state index contributed by atoms with van der Waals surface area (Å²) in [4.78, 5) is 24.8. The third-order valence-electron chi connectivity index (χ3n) is 8.64. The van der Waals surface area contributed by atoms with Crippen molar-refractivity contribution < 1.29 is 8.83 Å². The van der Waals surface area contributed by atoms with Crippen LogP contribution in [0.2, 0.25) is 0 Å². The number of benzene rings is 6. The molecule has 4 heterocycles. The molecule has 0 aliphatic rings. The van der Waals surface area contributed by atoms with Crippen molar-refractivity contribution in [3.63, 3.8) is 0 Å². The van der Waals surface area contributed by atoms with Crippen molar-refractivity contribution in [3.8, 4) is 56.2 Å². The van der Waals surface area contributed by atoms with Crippen molar-refractivity contribution >= 4 is 54.6 Å². The molecule has 0 radical (unpaired) electrons. The van der Waals surface area contributed by atoms with Gasteiger partial charge in [-0.1, -0.05) is 97.1 Å². The molecule has 230 valence electrons. The summed E-state index contributed by atoms with van der Waals surface area (Å²) < 4.78 is 13.8. The third-order valence-corrected chi connectivity index (χ3v) is 9.72. The highest BCUT2D eigenvalue weighted by Gasteiger charge is 2.22. The largest absolute Gasteiger partial charge is 0.456 e. The van der Waals surface area contributed by atoms with Gasteiger partial charge < -0.3 is 8.83 Å². The summed E-state index contributed by atoms with van der Waals surface area (Å²) in [7, 11) is 0. The summed E-state index contributed by atoms with van der Waals surface area (Å²) in [6, 6.07) is 46.1. The van der Waals surface area contributed by atoms with Gasteiger partial charge in [0, 0.05) is 38.6 Å². The van der Waals surface area contributed by atoms with Gasteiger partial charge >= 0.3 is 0 Å². The highest BCUT2D eigenvalue weighted by molar-refractivity contribution is 7.21. The minimum atomic E-state index is 0.527. The molecule has 0 atom stereocenters. The van der Waals surface area contributed by atoms with Crippen molar-refractivity contribution in [2.75, 3.05) is 0 Å². The molecule has 4 aromatic heterocycles. The van der Waals surface area contributed by atoms with E-state index in [0.29, 0.717) is 23.4 Å². The van der Waals surface area contributed by atoms with Gasteiger partial charge in [-0.25, -0.2) is 24.9 Å². The molecular weight excluding hydrogens is 627 g/mol. The molecule has 0 spiro atoms. The molecule has 6 aromatic carbocycles. The van der Waals surface area contributed by atoms with Crippen molar-refractivity contribution in [1.82, 2.24) is 24.9 Å². The van der Waals surface area contributed by atoms with Crippen molar-refractivity contribution in [2.24, 2.45) is 0 Å². The molecule has 8 heteroatoms. The quantitative estimate of drug-likeness (QED) is 0.183. The second-order valence-electron chi connectivity index (χ2n) is 11.7. The van der Waals surface area contributed by atoms with Crippen LogP contribution in [0.3, 0.4) is 0 Å². The lowest BCUT2D eigenvalue weighted by Crippen LogP contribution is -2.00. The van der Waals surface area contributed by atoms with E-state index >= 15 is 0 Å². The summed E-state index contributed by atoms with van der Waals surface area (Å²) >= 11 is 1.68. The Labute approximate surface area is 283 Å². The van der Waals surface area contributed by atoms with Gasteiger partial charge in [0.25, 0.3) is 0 Å². The molecule has 0 aliphatic carbocycles. The summed E-state index contributed by atoms with van der Waals surface area (Å²) in [6.45, 7) is 0. The van der Waals surface area contributed by atoms with Crippen LogP contribution in [-0.4, -0.2) is 24.9 Å². The van der Waals surface area contributed by atoms with E-state index in [1.54, 1.807) is 11.3 Å². The Bertz CT molecular complexity index is 2770. The van der Waals surface area contributed by atoms with E-state index in [0.717, 1.165) is 76.1 Å². The minimum absolute atomic E-state index is 0.527. The maximum Gasteiger partial charge on any atom is 0.228 e. The van der Waals surface area contributed by atoms with Gasteiger partial charge in [0.1, 0.15) is 21.7 Å². The fraction of sp³-hybridized carbons (Fsp3) is 0. The molecule has 7 nitrogen and oxygen atoms in total. The first kappa shape index (κ1) is 27.6. The molecule has 0 bridgehead atoms. The molecule has 0 aliphatic heterocycles. The number of aromatic nitrogens is 5. The number of nitrogens with zero attached hydrogens (tertiary/aromatic N) is 5. The lowest BCUT2D eigenvalue weighted by atomic mass is 10.0. The zero-order valence-corrected chi connectivity index (χ0v) is 26.6. The Morgan fingerprint density at radius 2 is 0.980 bits per heavy atom. The highest BCUT2D eigenvalue weighted by atomic mass is 32.1. The fourth-order valence-electron chi connectivity index (χ4n) is 6.32. The van der Waals surface area contributed by atoms with E-state index in [1.165, 1.54) is 0 Å². The number of hydrogen-bond acceptors (Lipinski definition) is 8. The van der Waals surface area contributed by atoms with Crippen LogP contribution >= 0.6 is 11.3 Å². The van der Waals surface area contributed by atoms with Crippen LogP contribution in [0.5, 0.6) is 0 Å².